The fourth-order valence-corrected chi connectivity index (χ4v) is 2.85. The van der Waals surface area contributed by atoms with E-state index in [0.717, 1.165) is 26.1 Å². The lowest BCUT2D eigenvalue weighted by Crippen LogP contribution is -2.33. The highest BCUT2D eigenvalue weighted by Crippen LogP contribution is 2.23. The van der Waals surface area contributed by atoms with Gasteiger partial charge >= 0.3 is 0 Å². The quantitative estimate of drug-likeness (QED) is 0.838. The number of likely N-dealkylation sites (tertiary alicyclic amines) is 1. The molecular formula is C17H25ClN2O2. The number of amides is 1. The molecule has 0 radical (unpaired) electrons. The maximum absolute atomic E-state index is 11.9. The number of benzene rings is 1. The van der Waals surface area contributed by atoms with Crippen LogP contribution in [0.3, 0.4) is 0 Å². The van der Waals surface area contributed by atoms with Gasteiger partial charge in [0.15, 0.2) is 0 Å². The molecule has 0 aliphatic carbocycles. The molecule has 0 aromatic heterocycles. The minimum atomic E-state index is 0.0371. The third kappa shape index (κ3) is 5.18. The first-order chi connectivity index (χ1) is 10.6. The van der Waals surface area contributed by atoms with Crippen LogP contribution in [0.4, 0.5) is 0 Å². The summed E-state index contributed by atoms with van der Waals surface area (Å²) in [6.07, 6.45) is 1.51. The largest absolute Gasteiger partial charge is 0.491 e. The molecule has 122 valence electrons. The van der Waals surface area contributed by atoms with Crippen LogP contribution >= 0.6 is 11.6 Å². The minimum absolute atomic E-state index is 0.0371. The summed E-state index contributed by atoms with van der Waals surface area (Å²) in [5.41, 5.74) is 0. The van der Waals surface area contributed by atoms with Gasteiger partial charge in [-0.1, -0.05) is 23.7 Å². The molecular weight excluding hydrogens is 300 g/mol. The van der Waals surface area contributed by atoms with Gasteiger partial charge in [0.25, 0.3) is 0 Å². The van der Waals surface area contributed by atoms with Gasteiger partial charge in [-0.2, -0.15) is 0 Å². The smallest absolute Gasteiger partial charge is 0.223 e. The van der Waals surface area contributed by atoms with Crippen molar-refractivity contribution in [1.82, 2.24) is 10.2 Å². The lowest BCUT2D eigenvalue weighted by atomic mass is 10.1. The van der Waals surface area contributed by atoms with Gasteiger partial charge < -0.3 is 15.0 Å². The SMILES string of the molecule is CC(C)N1CC[C@H](CNC(=O)CCOc2ccccc2Cl)C1. The van der Waals surface area contributed by atoms with Crippen molar-refractivity contribution in [3.05, 3.63) is 29.3 Å². The van der Waals surface area contributed by atoms with Gasteiger partial charge in [0, 0.05) is 19.1 Å². The van der Waals surface area contributed by atoms with Crippen molar-refractivity contribution in [2.75, 3.05) is 26.2 Å². The molecule has 0 saturated carbocycles. The van der Waals surface area contributed by atoms with Crippen LogP contribution in [-0.4, -0.2) is 43.1 Å². The molecule has 1 amide bonds. The number of carbonyl (C=O) groups excluding carboxylic acids is 1. The van der Waals surface area contributed by atoms with E-state index in [2.05, 4.69) is 24.1 Å². The van der Waals surface area contributed by atoms with Crippen LogP contribution in [0.2, 0.25) is 5.02 Å². The molecule has 5 heteroatoms. The van der Waals surface area contributed by atoms with E-state index in [1.54, 1.807) is 12.1 Å². The summed E-state index contributed by atoms with van der Waals surface area (Å²) in [4.78, 5) is 14.3. The molecule has 1 fully saturated rings. The van der Waals surface area contributed by atoms with Crippen molar-refractivity contribution >= 4 is 17.5 Å². The van der Waals surface area contributed by atoms with Crippen LogP contribution in [0.1, 0.15) is 26.7 Å². The summed E-state index contributed by atoms with van der Waals surface area (Å²) >= 11 is 6.00. The topological polar surface area (TPSA) is 41.6 Å². The van der Waals surface area contributed by atoms with Gasteiger partial charge in [0.05, 0.1) is 18.1 Å². The summed E-state index contributed by atoms with van der Waals surface area (Å²) in [5, 5.41) is 3.58. The maximum atomic E-state index is 11.9. The van der Waals surface area contributed by atoms with Crippen molar-refractivity contribution in [2.45, 2.75) is 32.7 Å². The molecule has 1 atom stereocenters. The number of nitrogens with zero attached hydrogens (tertiary/aromatic N) is 1. The molecule has 22 heavy (non-hydrogen) atoms. The normalized spacial score (nSPS) is 18.6. The van der Waals surface area contributed by atoms with Crippen LogP contribution < -0.4 is 10.1 Å². The molecule has 0 bridgehead atoms. The van der Waals surface area contributed by atoms with Crippen LogP contribution in [-0.2, 0) is 4.79 Å². The van der Waals surface area contributed by atoms with Gasteiger partial charge in [0.2, 0.25) is 5.91 Å². The molecule has 0 unspecified atom stereocenters. The fourth-order valence-electron chi connectivity index (χ4n) is 2.66. The second-order valence-corrected chi connectivity index (χ2v) is 6.48. The second-order valence-electron chi connectivity index (χ2n) is 6.08. The lowest BCUT2D eigenvalue weighted by Gasteiger charge is -2.20. The zero-order chi connectivity index (χ0) is 15.9. The Labute approximate surface area is 137 Å². The van der Waals surface area contributed by atoms with E-state index in [1.165, 1.54) is 0 Å². The van der Waals surface area contributed by atoms with Gasteiger partial charge in [-0.05, 0) is 44.9 Å². The summed E-state index contributed by atoms with van der Waals surface area (Å²) < 4.78 is 5.53. The summed E-state index contributed by atoms with van der Waals surface area (Å²) in [6.45, 7) is 7.74. The number of nitrogens with one attached hydrogen (secondary N) is 1. The van der Waals surface area contributed by atoms with Crippen molar-refractivity contribution in [2.24, 2.45) is 5.92 Å². The third-order valence-corrected chi connectivity index (χ3v) is 4.37. The summed E-state index contributed by atoms with van der Waals surface area (Å²) in [7, 11) is 0. The van der Waals surface area contributed by atoms with Crippen LogP contribution in [0.5, 0.6) is 5.75 Å². The first-order valence-corrected chi connectivity index (χ1v) is 8.32. The molecule has 0 spiro atoms. The highest BCUT2D eigenvalue weighted by molar-refractivity contribution is 6.32. The summed E-state index contributed by atoms with van der Waals surface area (Å²) in [5.74, 6) is 1.23. The molecule has 4 nitrogen and oxygen atoms in total. The summed E-state index contributed by atoms with van der Waals surface area (Å²) in [6, 6.07) is 7.88. The van der Waals surface area contributed by atoms with Crippen molar-refractivity contribution in [3.63, 3.8) is 0 Å². The molecule has 1 aromatic rings. The Morgan fingerprint density at radius 1 is 1.45 bits per heavy atom. The molecule has 1 N–H and O–H groups in total. The lowest BCUT2D eigenvalue weighted by molar-refractivity contribution is -0.121. The van der Waals surface area contributed by atoms with Gasteiger partial charge in [0.1, 0.15) is 5.75 Å². The Balaban J connectivity index is 1.62. The van der Waals surface area contributed by atoms with E-state index < -0.39 is 0 Å². The van der Waals surface area contributed by atoms with Gasteiger partial charge in [-0.15, -0.1) is 0 Å². The zero-order valence-corrected chi connectivity index (χ0v) is 14.1. The second kappa shape index (κ2) is 8.39. The van der Waals surface area contributed by atoms with Crippen molar-refractivity contribution in [3.8, 4) is 5.75 Å². The molecule has 1 aliphatic heterocycles. The first-order valence-electron chi connectivity index (χ1n) is 7.94. The predicted molar refractivity (Wildman–Crippen MR) is 89.4 cm³/mol. The van der Waals surface area contributed by atoms with E-state index in [4.69, 9.17) is 16.3 Å². The number of para-hydroxylation sites is 1. The van der Waals surface area contributed by atoms with E-state index >= 15 is 0 Å². The fraction of sp³-hybridized carbons (Fsp3) is 0.588. The van der Waals surface area contributed by atoms with E-state index in [-0.39, 0.29) is 5.91 Å². The highest BCUT2D eigenvalue weighted by atomic mass is 35.5. The van der Waals surface area contributed by atoms with Crippen LogP contribution in [0.25, 0.3) is 0 Å². The Morgan fingerprint density at radius 2 is 2.23 bits per heavy atom. The Morgan fingerprint density at radius 3 is 2.91 bits per heavy atom. The van der Waals surface area contributed by atoms with Crippen LogP contribution in [0, 0.1) is 5.92 Å². The number of hydrogen-bond acceptors (Lipinski definition) is 3. The molecule has 1 saturated heterocycles. The molecule has 2 rings (SSSR count). The zero-order valence-electron chi connectivity index (χ0n) is 13.3. The third-order valence-electron chi connectivity index (χ3n) is 4.06. The van der Waals surface area contributed by atoms with Gasteiger partial charge in [-0.3, -0.25) is 4.79 Å². The van der Waals surface area contributed by atoms with Gasteiger partial charge in [-0.25, -0.2) is 0 Å². The Hall–Kier alpha value is -1.26. The molecule has 1 aliphatic rings. The molecule has 1 aromatic carbocycles. The van der Waals surface area contributed by atoms with E-state index in [1.807, 2.05) is 12.1 Å². The van der Waals surface area contributed by atoms with Crippen molar-refractivity contribution < 1.29 is 9.53 Å². The van der Waals surface area contributed by atoms with E-state index in [0.29, 0.717) is 35.8 Å². The number of rotatable bonds is 7. The first kappa shape index (κ1) is 17.1. The minimum Gasteiger partial charge on any atom is -0.491 e. The highest BCUT2D eigenvalue weighted by Gasteiger charge is 2.24. The predicted octanol–water partition coefficient (Wildman–Crippen LogP) is 2.96. The monoisotopic (exact) mass is 324 g/mol. The average molecular weight is 325 g/mol. The number of carbonyl (C=O) groups is 1. The Bertz CT molecular complexity index is 493. The average Bonchev–Trinajstić information content (AvgIpc) is 2.96. The number of ether oxygens (including phenoxy) is 1. The standard InChI is InChI=1S/C17H25ClN2O2/c1-13(2)20-9-7-14(12-20)11-19-17(21)8-10-22-16-6-4-3-5-15(16)18/h3-6,13-14H,7-12H2,1-2H3,(H,19,21)/t14-/m1/s1. The Kier molecular flexibility index (Phi) is 6.52. The maximum Gasteiger partial charge on any atom is 0.223 e. The number of halogens is 1. The van der Waals surface area contributed by atoms with Crippen LogP contribution in [0.15, 0.2) is 24.3 Å². The van der Waals surface area contributed by atoms with E-state index in [9.17, 15) is 4.79 Å². The number of hydrogen-bond donors (Lipinski definition) is 1. The molecule has 1 heterocycles. The van der Waals surface area contributed by atoms with Crippen molar-refractivity contribution in [1.29, 1.82) is 0 Å².